The van der Waals surface area contributed by atoms with E-state index in [1.165, 1.54) is 0 Å². The van der Waals surface area contributed by atoms with E-state index in [9.17, 15) is 5.21 Å². The van der Waals surface area contributed by atoms with E-state index < -0.39 is 0 Å². The average Bonchev–Trinajstić information content (AvgIpc) is 3.15. The Morgan fingerprint density at radius 3 is 2.30 bits per heavy atom. The Morgan fingerprint density at radius 1 is 0.913 bits per heavy atom. The smallest absolute Gasteiger partial charge is 0.250 e. The van der Waals surface area contributed by atoms with E-state index in [-0.39, 0.29) is 10.4 Å². The number of rotatable bonds is 0. The highest BCUT2D eigenvalue weighted by atomic mass is 79.9. The normalized spacial score (nSPS) is 10.8. The lowest BCUT2D eigenvalue weighted by atomic mass is 10.3. The standard InChI is InChI=1S/C6H2BrClN2O2.C6H2BrClN2O/c7-3-1-2-4-6(5(3)8)10(11)12-9-4;7-3-1-2-4-6(5(3)8)10-11-9-4/h1-2H;1-2H. The molecule has 2 heterocycles. The molecule has 0 amide bonds. The van der Waals surface area contributed by atoms with Gasteiger partial charge in [-0.05, 0) is 71.3 Å². The van der Waals surface area contributed by atoms with E-state index in [0.717, 1.165) is 4.47 Å². The van der Waals surface area contributed by atoms with Gasteiger partial charge in [-0.1, -0.05) is 23.2 Å². The molecule has 11 heteroatoms. The van der Waals surface area contributed by atoms with E-state index in [4.69, 9.17) is 23.2 Å². The topological polar surface area (TPSA) is 91.9 Å². The van der Waals surface area contributed by atoms with Crippen molar-refractivity contribution in [2.75, 3.05) is 0 Å². The van der Waals surface area contributed by atoms with Crippen LogP contribution in [0.25, 0.3) is 22.1 Å². The summed E-state index contributed by atoms with van der Waals surface area (Å²) in [5, 5.41) is 22.5. The van der Waals surface area contributed by atoms with Gasteiger partial charge in [0.1, 0.15) is 10.5 Å². The lowest BCUT2D eigenvalue weighted by molar-refractivity contribution is -0.782. The first-order valence-corrected chi connectivity index (χ1v) is 8.23. The second-order valence-corrected chi connectivity index (χ2v) is 6.62. The third kappa shape index (κ3) is 3.14. The van der Waals surface area contributed by atoms with Gasteiger partial charge in [-0.2, -0.15) is 0 Å². The summed E-state index contributed by atoms with van der Waals surface area (Å²) >= 11 is 18.1. The summed E-state index contributed by atoms with van der Waals surface area (Å²) in [4.78, 5) is 0.280. The lowest BCUT2D eigenvalue weighted by Crippen LogP contribution is -2.22. The molecular formula is C12H4Br2Cl2N4O3. The minimum absolute atomic E-state index is 0.242. The predicted molar refractivity (Wildman–Crippen MR) is 90.2 cm³/mol. The van der Waals surface area contributed by atoms with Gasteiger partial charge in [0, 0.05) is 14.1 Å². The molecule has 7 nitrogen and oxygen atoms in total. The van der Waals surface area contributed by atoms with E-state index in [0.29, 0.717) is 31.1 Å². The first-order chi connectivity index (χ1) is 11.0. The van der Waals surface area contributed by atoms with Gasteiger partial charge >= 0.3 is 0 Å². The predicted octanol–water partition coefficient (Wildman–Crippen LogP) is 4.52. The Hall–Kier alpha value is -1.42. The molecule has 0 aliphatic heterocycles. The molecule has 0 atom stereocenters. The van der Waals surface area contributed by atoms with Gasteiger partial charge in [0.15, 0.2) is 5.52 Å². The largest absolute Gasteiger partial charge is 0.359 e. The Labute approximate surface area is 154 Å². The summed E-state index contributed by atoms with van der Waals surface area (Å²) in [7, 11) is 0. The maximum absolute atomic E-state index is 10.9. The van der Waals surface area contributed by atoms with Crippen LogP contribution in [0.1, 0.15) is 0 Å². The van der Waals surface area contributed by atoms with Gasteiger partial charge in [-0.3, -0.25) is 4.63 Å². The third-order valence-electron chi connectivity index (χ3n) is 2.76. The molecule has 0 aliphatic rings. The van der Waals surface area contributed by atoms with E-state index in [1.807, 2.05) is 0 Å². The fraction of sp³-hybridized carbons (Fsp3) is 0. The third-order valence-corrected chi connectivity index (χ3v) is 5.31. The van der Waals surface area contributed by atoms with E-state index in [1.54, 1.807) is 24.3 Å². The molecule has 2 aromatic heterocycles. The molecule has 118 valence electrons. The number of nitrogens with zero attached hydrogens (tertiary/aromatic N) is 4. The molecule has 4 rings (SSSR count). The highest BCUT2D eigenvalue weighted by Crippen LogP contribution is 2.29. The number of benzene rings is 2. The van der Waals surface area contributed by atoms with Crippen LogP contribution in [-0.2, 0) is 0 Å². The van der Waals surface area contributed by atoms with Crippen LogP contribution in [0.3, 0.4) is 0 Å². The van der Waals surface area contributed by atoms with Crippen molar-refractivity contribution in [2.24, 2.45) is 0 Å². The summed E-state index contributed by atoms with van der Waals surface area (Å²) in [5.41, 5.74) is 1.93. The first kappa shape index (κ1) is 16.4. The Balaban J connectivity index is 0.000000136. The van der Waals surface area contributed by atoms with Gasteiger partial charge in [-0.25, -0.2) is 4.63 Å². The molecular weight excluding hydrogens is 479 g/mol. The Bertz CT molecular complexity index is 1000. The Morgan fingerprint density at radius 2 is 1.57 bits per heavy atom. The summed E-state index contributed by atoms with van der Waals surface area (Å²) in [6.45, 7) is 0. The molecule has 0 bridgehead atoms. The zero-order chi connectivity index (χ0) is 16.6. The molecule has 2 aromatic carbocycles. The zero-order valence-electron chi connectivity index (χ0n) is 10.8. The van der Waals surface area contributed by atoms with E-state index in [2.05, 4.69) is 56.6 Å². The van der Waals surface area contributed by atoms with Crippen molar-refractivity contribution in [1.29, 1.82) is 0 Å². The van der Waals surface area contributed by atoms with Gasteiger partial charge in [-0.15, -0.1) is 0 Å². The fourth-order valence-corrected chi connectivity index (χ4v) is 2.76. The van der Waals surface area contributed by atoms with Gasteiger partial charge in [0.25, 0.3) is 0 Å². The minimum atomic E-state index is 0.242. The van der Waals surface area contributed by atoms with Crippen molar-refractivity contribution >= 4 is 77.1 Å². The minimum Gasteiger partial charge on any atom is -0.359 e. The van der Waals surface area contributed by atoms with Gasteiger partial charge in [0.05, 0.1) is 5.02 Å². The first-order valence-electron chi connectivity index (χ1n) is 5.88. The van der Waals surface area contributed by atoms with Crippen LogP contribution >= 0.6 is 55.1 Å². The fourth-order valence-electron chi connectivity index (χ4n) is 1.69. The number of hydrogen-bond donors (Lipinski definition) is 0. The van der Waals surface area contributed by atoms with Crippen molar-refractivity contribution < 1.29 is 14.2 Å². The maximum atomic E-state index is 10.9. The summed E-state index contributed by atoms with van der Waals surface area (Å²) in [6, 6.07) is 6.92. The average molecular weight is 483 g/mol. The number of halogens is 4. The van der Waals surface area contributed by atoms with Crippen molar-refractivity contribution in [3.05, 3.63) is 48.5 Å². The molecule has 0 saturated heterocycles. The Kier molecular flexibility index (Phi) is 4.72. The molecule has 4 aromatic rings. The molecule has 0 aliphatic carbocycles. The highest BCUT2D eigenvalue weighted by molar-refractivity contribution is 9.10. The van der Waals surface area contributed by atoms with Crippen LogP contribution in [0.15, 0.2) is 42.5 Å². The second-order valence-electron chi connectivity index (χ2n) is 4.15. The molecule has 0 unspecified atom stereocenters. The second kappa shape index (κ2) is 6.60. The number of fused-ring (bicyclic) bond motifs is 2. The van der Waals surface area contributed by atoms with Crippen LogP contribution in [0.4, 0.5) is 0 Å². The summed E-state index contributed by atoms with van der Waals surface area (Å²) in [5.74, 6) is 0. The molecule has 0 radical (unpaired) electrons. The molecule has 0 spiro atoms. The SMILES string of the molecule is Clc1c(Br)ccc2nonc12.[O-][n+]1onc2ccc(Br)c(Cl)c21. The van der Waals surface area contributed by atoms with Crippen LogP contribution in [0.2, 0.25) is 10.0 Å². The monoisotopic (exact) mass is 480 g/mol. The van der Waals surface area contributed by atoms with Crippen molar-refractivity contribution in [3.8, 4) is 0 Å². The number of hydrogen-bond acceptors (Lipinski definition) is 6. The van der Waals surface area contributed by atoms with Crippen LogP contribution < -0.4 is 4.90 Å². The summed E-state index contributed by atoms with van der Waals surface area (Å²) in [6.07, 6.45) is 0. The van der Waals surface area contributed by atoms with Crippen LogP contribution in [-0.4, -0.2) is 15.5 Å². The molecule has 0 saturated carbocycles. The van der Waals surface area contributed by atoms with Crippen molar-refractivity contribution in [1.82, 2.24) is 15.5 Å². The highest BCUT2D eigenvalue weighted by Gasteiger charge is 2.15. The van der Waals surface area contributed by atoms with Gasteiger partial charge in [0.2, 0.25) is 11.0 Å². The zero-order valence-corrected chi connectivity index (χ0v) is 15.5. The molecule has 23 heavy (non-hydrogen) atoms. The molecule has 0 N–H and O–H groups in total. The summed E-state index contributed by atoms with van der Waals surface area (Å²) < 4.78 is 10.3. The van der Waals surface area contributed by atoms with Crippen molar-refractivity contribution in [2.45, 2.75) is 0 Å². The van der Waals surface area contributed by atoms with Gasteiger partial charge < -0.3 is 5.21 Å². The maximum Gasteiger partial charge on any atom is 0.250 e. The van der Waals surface area contributed by atoms with Crippen LogP contribution in [0, 0.1) is 5.21 Å². The molecule has 0 fully saturated rings. The van der Waals surface area contributed by atoms with Crippen LogP contribution in [0.5, 0.6) is 0 Å². The lowest BCUT2D eigenvalue weighted by Gasteiger charge is -1.92. The van der Waals surface area contributed by atoms with E-state index >= 15 is 0 Å². The van der Waals surface area contributed by atoms with Crippen molar-refractivity contribution in [3.63, 3.8) is 0 Å². The number of aromatic nitrogens is 4. The quantitative estimate of drug-likeness (QED) is 0.342.